The molecule has 290 valence electrons. The zero-order valence-corrected chi connectivity index (χ0v) is 33.1. The van der Waals surface area contributed by atoms with Crippen molar-refractivity contribution >= 4 is 17.9 Å². The van der Waals surface area contributed by atoms with Crippen LogP contribution in [-0.2, 0) is 42.8 Å². The van der Waals surface area contributed by atoms with Gasteiger partial charge in [-0.2, -0.15) is 0 Å². The van der Waals surface area contributed by atoms with E-state index in [9.17, 15) is 14.4 Å². The van der Waals surface area contributed by atoms with Crippen LogP contribution in [0.3, 0.4) is 0 Å². The van der Waals surface area contributed by atoms with Crippen LogP contribution in [0.1, 0.15) is 132 Å². The number of rotatable bonds is 6. The van der Waals surface area contributed by atoms with Crippen molar-refractivity contribution in [3.8, 4) is 0 Å². The van der Waals surface area contributed by atoms with Gasteiger partial charge >= 0.3 is 17.9 Å². The third-order valence-electron chi connectivity index (χ3n) is 15.8. The van der Waals surface area contributed by atoms with Gasteiger partial charge in [-0.15, -0.1) is 0 Å². The molecule has 0 amide bonds. The summed E-state index contributed by atoms with van der Waals surface area (Å²) in [7, 11) is 1.45. The van der Waals surface area contributed by atoms with Gasteiger partial charge in [-0.1, -0.05) is 77.4 Å². The highest BCUT2D eigenvalue weighted by atomic mass is 16.6. The van der Waals surface area contributed by atoms with E-state index in [1.165, 1.54) is 70.1 Å². The van der Waals surface area contributed by atoms with Crippen molar-refractivity contribution in [2.24, 2.45) is 39.9 Å². The molecule has 2 unspecified atom stereocenters. The Morgan fingerprint density at radius 2 is 1.60 bits per heavy atom. The number of esters is 3. The Bertz CT molecular complexity index is 1470. The zero-order valence-electron chi connectivity index (χ0n) is 33.1. The van der Waals surface area contributed by atoms with Gasteiger partial charge in [0.15, 0.2) is 0 Å². The van der Waals surface area contributed by atoms with Crippen LogP contribution < -0.4 is 0 Å². The summed E-state index contributed by atoms with van der Waals surface area (Å²) in [5, 5.41) is 0. The quantitative estimate of drug-likeness (QED) is 0.117. The fourth-order valence-electron chi connectivity index (χ4n) is 13.4. The van der Waals surface area contributed by atoms with Crippen LogP contribution in [0.25, 0.3) is 0 Å². The van der Waals surface area contributed by atoms with Crippen LogP contribution in [0.2, 0.25) is 0 Å². The fraction of sp³-hybridized carbons (Fsp3) is 0.837. The molecule has 9 heteroatoms. The Balaban J connectivity index is 1.34. The van der Waals surface area contributed by atoms with Crippen LogP contribution >= 0.6 is 0 Å². The van der Waals surface area contributed by atoms with Crippen molar-refractivity contribution in [3.05, 3.63) is 22.8 Å². The van der Waals surface area contributed by atoms with Gasteiger partial charge in [0.05, 0.1) is 37.6 Å². The lowest BCUT2D eigenvalue weighted by atomic mass is 9.39. The van der Waals surface area contributed by atoms with E-state index in [1.54, 1.807) is 13.0 Å². The topological polar surface area (TPSA) is 107 Å². The number of hydrogen-bond donors (Lipinski definition) is 0. The van der Waals surface area contributed by atoms with E-state index in [-0.39, 0.29) is 54.1 Å². The summed E-state index contributed by atoms with van der Waals surface area (Å²) in [6.07, 6.45) is 13.6. The van der Waals surface area contributed by atoms with Gasteiger partial charge in [-0.25, -0.2) is 4.79 Å². The SMILES string of the molecule is C/C=C(\C)C(=O)O[C@H]1C[C@@H](OC(C)=O)[C@@]2(C)CO[C@@H]3C2[C@@]1(C)[C@@H](CC(=O)OC)[C@]1(C)C2=C(C)[C@H](C4CCOC45CCCCCCCCC5)C[C@H]2O[C@H]31. The first kappa shape index (κ1) is 38.1. The first-order chi connectivity index (χ1) is 24.8. The number of carbonyl (C=O) groups is 3. The molecular weight excluding hydrogens is 660 g/mol. The highest BCUT2D eigenvalue weighted by Crippen LogP contribution is 2.74. The van der Waals surface area contributed by atoms with E-state index in [0.717, 1.165) is 32.3 Å². The minimum Gasteiger partial charge on any atom is -0.469 e. The molecule has 0 aromatic rings. The summed E-state index contributed by atoms with van der Waals surface area (Å²) < 4.78 is 39.0. The summed E-state index contributed by atoms with van der Waals surface area (Å²) in [5.74, 6) is -0.785. The maximum absolute atomic E-state index is 13.6. The van der Waals surface area contributed by atoms with Crippen molar-refractivity contribution in [1.29, 1.82) is 0 Å². The Hall–Kier alpha value is -2.23. The van der Waals surface area contributed by atoms with Crippen molar-refractivity contribution in [3.63, 3.8) is 0 Å². The molecule has 3 saturated carbocycles. The number of methoxy groups -OCH3 is 1. The molecule has 52 heavy (non-hydrogen) atoms. The van der Waals surface area contributed by atoms with E-state index < -0.39 is 34.4 Å². The fourth-order valence-corrected chi connectivity index (χ4v) is 13.4. The second-order valence-electron chi connectivity index (χ2n) is 18.2. The predicted octanol–water partition coefficient (Wildman–Crippen LogP) is 7.83. The minimum atomic E-state index is -0.729. The highest BCUT2D eigenvalue weighted by Gasteiger charge is 2.78. The molecule has 1 spiro atoms. The molecule has 12 atom stereocenters. The van der Waals surface area contributed by atoms with Crippen LogP contribution in [-0.4, -0.2) is 74.4 Å². The molecule has 0 N–H and O–H groups in total. The highest BCUT2D eigenvalue weighted by molar-refractivity contribution is 5.87. The summed E-state index contributed by atoms with van der Waals surface area (Å²) in [6.45, 7) is 15.2. The lowest BCUT2D eigenvalue weighted by molar-refractivity contribution is -0.251. The molecule has 3 heterocycles. The number of allylic oxidation sites excluding steroid dienone is 2. The van der Waals surface area contributed by atoms with E-state index in [0.29, 0.717) is 30.4 Å². The van der Waals surface area contributed by atoms with Crippen molar-refractivity contribution < 1.29 is 42.8 Å². The summed E-state index contributed by atoms with van der Waals surface area (Å²) in [5.41, 5.74) is 1.24. The minimum absolute atomic E-state index is 0.0900. The van der Waals surface area contributed by atoms with Gasteiger partial charge in [0.1, 0.15) is 12.2 Å². The molecule has 0 aromatic carbocycles. The number of ether oxygens (including phenoxy) is 6. The Kier molecular flexibility index (Phi) is 10.3. The number of hydrogen-bond acceptors (Lipinski definition) is 9. The molecule has 9 nitrogen and oxygen atoms in total. The second-order valence-corrected chi connectivity index (χ2v) is 18.2. The van der Waals surface area contributed by atoms with E-state index in [4.69, 9.17) is 28.4 Å². The lowest BCUT2D eigenvalue weighted by Gasteiger charge is -2.65. The Labute approximate surface area is 311 Å². The van der Waals surface area contributed by atoms with Crippen LogP contribution in [0.5, 0.6) is 0 Å². The normalized spacial score (nSPS) is 44.2. The maximum Gasteiger partial charge on any atom is 0.333 e. The van der Waals surface area contributed by atoms with Crippen LogP contribution in [0.4, 0.5) is 0 Å². The summed E-state index contributed by atoms with van der Waals surface area (Å²) >= 11 is 0. The van der Waals surface area contributed by atoms with Crippen LogP contribution in [0, 0.1) is 39.9 Å². The van der Waals surface area contributed by atoms with E-state index in [2.05, 4.69) is 27.7 Å². The molecule has 0 radical (unpaired) electrons. The monoisotopic (exact) mass is 724 g/mol. The average Bonchev–Trinajstić information content (AvgIpc) is 3.85. The van der Waals surface area contributed by atoms with Gasteiger partial charge in [0.2, 0.25) is 0 Å². The number of fused-ring (bicyclic) bond motifs is 4. The lowest BCUT2D eigenvalue weighted by Crippen LogP contribution is -2.71. The Morgan fingerprint density at radius 1 is 0.923 bits per heavy atom. The van der Waals surface area contributed by atoms with E-state index in [1.807, 2.05) is 6.92 Å². The van der Waals surface area contributed by atoms with E-state index >= 15 is 0 Å². The smallest absolute Gasteiger partial charge is 0.333 e. The molecular formula is C43H64O9. The van der Waals surface area contributed by atoms with Crippen molar-refractivity contribution in [2.75, 3.05) is 20.3 Å². The molecule has 6 fully saturated rings. The van der Waals surface area contributed by atoms with Gasteiger partial charge in [0.25, 0.3) is 0 Å². The van der Waals surface area contributed by atoms with Gasteiger partial charge in [-0.3, -0.25) is 9.59 Å². The molecule has 0 aromatic heterocycles. The van der Waals surface area contributed by atoms with Crippen molar-refractivity contribution in [2.45, 2.75) is 168 Å². The third kappa shape index (κ3) is 5.75. The second kappa shape index (κ2) is 14.1. The third-order valence-corrected chi connectivity index (χ3v) is 15.8. The van der Waals surface area contributed by atoms with Gasteiger partial charge in [-0.05, 0) is 69.8 Å². The standard InChI is InChI=1S/C43H64O9/c1-9-25(2)39(46)52-33-23-32(50-27(4)44)40(5)24-48-36-37(40)41(33,6)31(22-34(45)47-8)42(7)35-26(3)28(21-30(35)51-38(36)42)29-17-20-49-43(29)18-15-13-11-10-12-14-16-19-43/h9,28-33,36-38H,10-24H2,1-8H3/b25-9+/t28-,29?,30-,31-,32-,33+,36-,37?,38-,40-,41+,42-/m1/s1. The molecule has 0 bridgehead atoms. The Morgan fingerprint density at radius 3 is 2.23 bits per heavy atom. The maximum atomic E-state index is 13.6. The zero-order chi connectivity index (χ0) is 37.2. The first-order valence-electron chi connectivity index (χ1n) is 20.5. The first-order valence-corrected chi connectivity index (χ1v) is 20.5. The van der Waals surface area contributed by atoms with Gasteiger partial charge in [0, 0.05) is 54.1 Å². The van der Waals surface area contributed by atoms with Crippen molar-refractivity contribution in [1.82, 2.24) is 0 Å². The summed E-state index contributed by atoms with van der Waals surface area (Å²) in [4.78, 5) is 39.8. The average molecular weight is 725 g/mol. The van der Waals surface area contributed by atoms with Gasteiger partial charge < -0.3 is 28.4 Å². The molecule has 3 saturated heterocycles. The molecule has 4 aliphatic carbocycles. The van der Waals surface area contributed by atoms with Crippen LogP contribution in [0.15, 0.2) is 22.8 Å². The molecule has 7 rings (SSSR count). The summed E-state index contributed by atoms with van der Waals surface area (Å²) in [6, 6.07) is 0. The largest absolute Gasteiger partial charge is 0.469 e. The number of carbonyl (C=O) groups excluding carboxylic acids is 3. The predicted molar refractivity (Wildman–Crippen MR) is 195 cm³/mol. The molecule has 3 aliphatic heterocycles. The molecule has 7 aliphatic rings.